The molecule has 0 bridgehead atoms. The van der Waals surface area contributed by atoms with Crippen molar-refractivity contribution in [1.29, 1.82) is 0 Å². The van der Waals surface area contributed by atoms with Gasteiger partial charge in [-0.05, 0) is 20.8 Å². The number of amides is 1. The molecule has 0 rings (SSSR count). The van der Waals surface area contributed by atoms with E-state index in [2.05, 4.69) is 11.2 Å². The van der Waals surface area contributed by atoms with E-state index in [-0.39, 0.29) is 6.42 Å². The van der Waals surface area contributed by atoms with Crippen LogP contribution in [0, 0.1) is 12.3 Å². The zero-order chi connectivity index (χ0) is 13.7. The third kappa shape index (κ3) is 9.54. The van der Waals surface area contributed by atoms with Crippen LogP contribution in [0.1, 0.15) is 33.6 Å². The topological polar surface area (TPSA) is 38.3 Å². The predicted molar refractivity (Wildman–Crippen MR) is 57.3 cm³/mol. The molecule has 0 saturated carbocycles. The molecule has 0 aromatic heterocycles. The van der Waals surface area contributed by atoms with Gasteiger partial charge in [0.1, 0.15) is 5.60 Å². The highest BCUT2D eigenvalue weighted by Gasteiger charge is 2.33. The van der Waals surface area contributed by atoms with Crippen LogP contribution in [0.2, 0.25) is 0 Å². The van der Waals surface area contributed by atoms with Gasteiger partial charge in [-0.15, -0.1) is 12.3 Å². The minimum atomic E-state index is -4.38. The molecule has 0 aliphatic heterocycles. The van der Waals surface area contributed by atoms with Gasteiger partial charge in [0.05, 0.1) is 12.5 Å². The van der Waals surface area contributed by atoms with Crippen LogP contribution < -0.4 is 5.32 Å². The molecule has 1 amide bonds. The van der Waals surface area contributed by atoms with Gasteiger partial charge >= 0.3 is 12.3 Å². The highest BCUT2D eigenvalue weighted by molar-refractivity contribution is 5.68. The quantitative estimate of drug-likeness (QED) is 0.783. The van der Waals surface area contributed by atoms with E-state index in [0.717, 1.165) is 0 Å². The highest BCUT2D eigenvalue weighted by atomic mass is 19.4. The maximum absolute atomic E-state index is 12.2. The van der Waals surface area contributed by atoms with Crippen molar-refractivity contribution in [2.75, 3.05) is 0 Å². The van der Waals surface area contributed by atoms with Crippen LogP contribution in [0.3, 0.4) is 0 Å². The fraction of sp³-hybridized carbons (Fsp3) is 0.727. The Morgan fingerprint density at radius 3 is 2.29 bits per heavy atom. The second-order valence-corrected chi connectivity index (χ2v) is 4.57. The monoisotopic (exact) mass is 251 g/mol. The van der Waals surface area contributed by atoms with Crippen molar-refractivity contribution in [3.05, 3.63) is 0 Å². The molecule has 0 heterocycles. The number of terminal acetylenes is 1. The van der Waals surface area contributed by atoms with Crippen molar-refractivity contribution < 1.29 is 22.7 Å². The first-order chi connectivity index (χ1) is 7.53. The number of hydrogen-bond acceptors (Lipinski definition) is 2. The van der Waals surface area contributed by atoms with E-state index in [1.165, 1.54) is 0 Å². The van der Waals surface area contributed by atoms with Crippen molar-refractivity contribution in [3.8, 4) is 12.3 Å². The average Bonchev–Trinajstić information content (AvgIpc) is 1.95. The molecule has 0 aliphatic carbocycles. The lowest BCUT2D eigenvalue weighted by Crippen LogP contribution is -2.41. The van der Waals surface area contributed by atoms with E-state index >= 15 is 0 Å². The van der Waals surface area contributed by atoms with Gasteiger partial charge < -0.3 is 10.1 Å². The van der Waals surface area contributed by atoms with E-state index in [1.54, 1.807) is 20.8 Å². The largest absolute Gasteiger partial charge is 0.444 e. The fourth-order valence-electron chi connectivity index (χ4n) is 1.07. The normalized spacial score (nSPS) is 13.7. The van der Waals surface area contributed by atoms with E-state index in [9.17, 15) is 18.0 Å². The number of carbonyl (C=O) groups is 1. The van der Waals surface area contributed by atoms with Crippen molar-refractivity contribution >= 4 is 6.09 Å². The summed E-state index contributed by atoms with van der Waals surface area (Å²) in [6, 6.07) is -1.16. The van der Waals surface area contributed by atoms with Crippen LogP contribution in [0.5, 0.6) is 0 Å². The van der Waals surface area contributed by atoms with Gasteiger partial charge in [-0.2, -0.15) is 13.2 Å². The van der Waals surface area contributed by atoms with Crippen LogP contribution >= 0.6 is 0 Å². The summed E-state index contributed by atoms with van der Waals surface area (Å²) >= 11 is 0. The van der Waals surface area contributed by atoms with Gasteiger partial charge in [0.2, 0.25) is 0 Å². The highest BCUT2D eigenvalue weighted by Crippen LogP contribution is 2.22. The van der Waals surface area contributed by atoms with Gasteiger partial charge in [0, 0.05) is 6.42 Å². The summed E-state index contributed by atoms with van der Waals surface area (Å²) in [4.78, 5) is 11.3. The first-order valence-corrected chi connectivity index (χ1v) is 5.03. The fourth-order valence-corrected chi connectivity index (χ4v) is 1.07. The van der Waals surface area contributed by atoms with Gasteiger partial charge in [0.25, 0.3) is 0 Å². The van der Waals surface area contributed by atoms with E-state index in [0.29, 0.717) is 0 Å². The number of alkyl halides is 3. The third-order valence-corrected chi connectivity index (χ3v) is 1.56. The van der Waals surface area contributed by atoms with Crippen LogP contribution in [-0.4, -0.2) is 23.9 Å². The Morgan fingerprint density at radius 1 is 1.41 bits per heavy atom. The zero-order valence-corrected chi connectivity index (χ0v) is 10.0. The Labute approximate surface area is 98.7 Å². The lowest BCUT2D eigenvalue weighted by molar-refractivity contribution is -0.139. The molecular formula is C11H16F3NO2. The van der Waals surface area contributed by atoms with E-state index < -0.39 is 30.3 Å². The summed E-state index contributed by atoms with van der Waals surface area (Å²) in [5.74, 6) is 2.09. The first-order valence-electron chi connectivity index (χ1n) is 5.03. The lowest BCUT2D eigenvalue weighted by atomic mass is 10.1. The summed E-state index contributed by atoms with van der Waals surface area (Å²) in [6.45, 7) is 4.85. The van der Waals surface area contributed by atoms with E-state index in [4.69, 9.17) is 11.2 Å². The van der Waals surface area contributed by atoms with Crippen LogP contribution in [0.4, 0.5) is 18.0 Å². The number of alkyl carbamates (subject to hydrolysis) is 1. The maximum Gasteiger partial charge on any atom is 0.407 e. The molecule has 1 atom stereocenters. The number of ether oxygens (including phenoxy) is 1. The summed E-state index contributed by atoms with van der Waals surface area (Å²) in [5.41, 5.74) is -0.761. The number of hydrogen-bond donors (Lipinski definition) is 1. The SMILES string of the molecule is C#CCC(CC(F)(F)F)NC(=O)OC(C)(C)C. The van der Waals surface area contributed by atoms with Gasteiger partial charge in [-0.1, -0.05) is 0 Å². The van der Waals surface area contributed by atoms with Gasteiger partial charge in [-0.3, -0.25) is 0 Å². The molecule has 0 aromatic rings. The van der Waals surface area contributed by atoms with Crippen LogP contribution in [-0.2, 0) is 4.74 Å². The summed E-state index contributed by atoms with van der Waals surface area (Å²) in [6.07, 6.45) is -1.70. The molecule has 0 saturated heterocycles. The zero-order valence-electron chi connectivity index (χ0n) is 10.0. The Kier molecular flexibility index (Phi) is 5.33. The van der Waals surface area contributed by atoms with Gasteiger partial charge in [0.15, 0.2) is 0 Å². The average molecular weight is 251 g/mol. The van der Waals surface area contributed by atoms with Crippen LogP contribution in [0.25, 0.3) is 0 Å². The molecule has 1 unspecified atom stereocenters. The minimum Gasteiger partial charge on any atom is -0.444 e. The second kappa shape index (κ2) is 5.80. The number of rotatable bonds is 3. The molecule has 0 radical (unpaired) electrons. The molecule has 6 heteroatoms. The minimum absolute atomic E-state index is 0.196. The number of carbonyl (C=O) groups excluding carboxylic acids is 1. The van der Waals surface area contributed by atoms with Crippen LogP contribution in [0.15, 0.2) is 0 Å². The van der Waals surface area contributed by atoms with Crippen molar-refractivity contribution in [2.45, 2.75) is 51.4 Å². The first kappa shape index (κ1) is 15.6. The Balaban J connectivity index is 4.36. The Hall–Kier alpha value is -1.38. The summed E-state index contributed by atoms with van der Waals surface area (Å²) in [7, 11) is 0. The Morgan fingerprint density at radius 2 is 1.94 bits per heavy atom. The maximum atomic E-state index is 12.2. The number of nitrogens with one attached hydrogen (secondary N) is 1. The lowest BCUT2D eigenvalue weighted by Gasteiger charge is -2.23. The molecular weight excluding hydrogens is 235 g/mol. The van der Waals surface area contributed by atoms with Crippen molar-refractivity contribution in [3.63, 3.8) is 0 Å². The molecule has 0 spiro atoms. The standard InChI is InChI=1S/C11H16F3NO2/c1-5-6-8(7-11(12,13)14)15-9(16)17-10(2,3)4/h1,8H,6-7H2,2-4H3,(H,15,16). The molecule has 17 heavy (non-hydrogen) atoms. The van der Waals surface area contributed by atoms with Crippen molar-refractivity contribution in [2.24, 2.45) is 0 Å². The van der Waals surface area contributed by atoms with Crippen molar-refractivity contribution in [1.82, 2.24) is 5.32 Å². The molecule has 3 nitrogen and oxygen atoms in total. The van der Waals surface area contributed by atoms with Gasteiger partial charge in [-0.25, -0.2) is 4.79 Å². The molecule has 98 valence electrons. The third-order valence-electron chi connectivity index (χ3n) is 1.56. The second-order valence-electron chi connectivity index (χ2n) is 4.57. The molecule has 0 fully saturated rings. The summed E-state index contributed by atoms with van der Waals surface area (Å²) < 4.78 is 41.3. The molecule has 0 aromatic carbocycles. The smallest absolute Gasteiger partial charge is 0.407 e. The Bertz CT molecular complexity index is 299. The summed E-state index contributed by atoms with van der Waals surface area (Å²) in [5, 5.41) is 2.11. The van der Waals surface area contributed by atoms with E-state index in [1.807, 2.05) is 0 Å². The molecule has 0 aliphatic rings. The molecule has 1 N–H and O–H groups in total. The number of halogens is 3. The predicted octanol–water partition coefficient (Wildman–Crippen LogP) is 2.86.